The Kier molecular flexibility index (Phi) is 6.10. The third-order valence-electron chi connectivity index (χ3n) is 3.86. The predicted molar refractivity (Wildman–Crippen MR) is 103 cm³/mol. The van der Waals surface area contributed by atoms with Gasteiger partial charge in [0, 0.05) is 19.0 Å². The number of para-hydroxylation sites is 1. The number of aromatic nitrogens is 2. The molecule has 29 heavy (non-hydrogen) atoms. The Morgan fingerprint density at radius 1 is 1.17 bits per heavy atom. The number of nitrogens with one attached hydrogen (secondary N) is 2. The molecule has 11 heteroatoms. The van der Waals surface area contributed by atoms with Crippen molar-refractivity contribution >= 4 is 28.0 Å². The molecular weight excluding hydrogens is 400 g/mol. The van der Waals surface area contributed by atoms with Gasteiger partial charge in [-0.05, 0) is 34.5 Å². The van der Waals surface area contributed by atoms with Crippen LogP contribution in [-0.2, 0) is 16.8 Å². The number of carbonyl (C=O) groups excluding carboxylic acids is 1. The lowest BCUT2D eigenvalue weighted by Crippen LogP contribution is -2.40. The summed E-state index contributed by atoms with van der Waals surface area (Å²) in [5.74, 6) is 0.191. The molecule has 0 radical (unpaired) electrons. The van der Waals surface area contributed by atoms with Crippen LogP contribution < -0.4 is 19.5 Å². The number of rotatable bonds is 7. The molecule has 1 heterocycles. The molecule has 10 nitrogen and oxygen atoms in total. The minimum absolute atomic E-state index is 0.00825. The molecule has 0 aliphatic rings. The van der Waals surface area contributed by atoms with E-state index in [4.69, 9.17) is 9.08 Å². The fraction of sp³-hybridized carbons (Fsp3) is 0.167. The summed E-state index contributed by atoms with van der Waals surface area (Å²) < 4.78 is 41.2. The van der Waals surface area contributed by atoms with Gasteiger partial charge in [0.05, 0.1) is 0 Å². The second-order valence-electron chi connectivity index (χ2n) is 6.20. The van der Waals surface area contributed by atoms with Crippen LogP contribution in [0.5, 0.6) is 5.75 Å². The van der Waals surface area contributed by atoms with Crippen LogP contribution in [0.4, 0.5) is 16.4 Å². The molecule has 0 fully saturated rings. The van der Waals surface area contributed by atoms with Crippen LogP contribution in [0.15, 0.2) is 65.3 Å². The van der Waals surface area contributed by atoms with Crippen molar-refractivity contribution in [1.82, 2.24) is 5.27 Å². The zero-order valence-corrected chi connectivity index (χ0v) is 16.2. The first-order valence-corrected chi connectivity index (χ1v) is 9.92. The van der Waals surface area contributed by atoms with E-state index in [1.165, 1.54) is 12.1 Å². The maximum atomic E-state index is 12.0. The Morgan fingerprint density at radius 3 is 2.52 bits per heavy atom. The second kappa shape index (κ2) is 8.71. The highest BCUT2D eigenvalue weighted by Gasteiger charge is 2.21. The minimum atomic E-state index is -4.55. The van der Waals surface area contributed by atoms with Crippen LogP contribution >= 0.6 is 0 Å². The Hall–Kier alpha value is -3.44. The van der Waals surface area contributed by atoms with E-state index < -0.39 is 16.4 Å². The molecule has 1 atom stereocenters. The number of carbonyl (C=O) groups is 1. The van der Waals surface area contributed by atoms with Gasteiger partial charge in [-0.25, -0.2) is 4.79 Å². The van der Waals surface area contributed by atoms with Gasteiger partial charge in [-0.3, -0.25) is 14.4 Å². The highest BCUT2D eigenvalue weighted by molar-refractivity contribution is 7.81. The van der Waals surface area contributed by atoms with Crippen molar-refractivity contribution in [2.24, 2.45) is 0 Å². The molecule has 0 saturated carbocycles. The Labute approximate surface area is 167 Å². The fourth-order valence-corrected chi connectivity index (χ4v) is 2.91. The van der Waals surface area contributed by atoms with Gasteiger partial charge >= 0.3 is 22.3 Å². The molecule has 0 aliphatic carbocycles. The molecule has 0 saturated heterocycles. The molecular formula is C18H19N4O6S+. The highest BCUT2D eigenvalue weighted by atomic mass is 32.3. The fourth-order valence-electron chi connectivity index (χ4n) is 2.55. The summed E-state index contributed by atoms with van der Waals surface area (Å²) in [4.78, 5) is 12.0. The van der Waals surface area contributed by atoms with Crippen LogP contribution in [0.25, 0.3) is 0 Å². The SMILES string of the molecule is CC(Cc1ccc(OS(=O)(=O)O)cc1)[n+]1cc(NC(=O)Nc2ccccc2)on1. The smallest absolute Gasteiger partial charge is 0.362 e. The number of benzene rings is 2. The van der Waals surface area contributed by atoms with Gasteiger partial charge in [0.25, 0.3) is 6.20 Å². The highest BCUT2D eigenvalue weighted by Crippen LogP contribution is 2.17. The van der Waals surface area contributed by atoms with E-state index in [2.05, 4.69) is 20.1 Å². The van der Waals surface area contributed by atoms with Crippen molar-refractivity contribution in [3.05, 3.63) is 66.4 Å². The standard InChI is InChI=1S/C18H18N4O6S/c1-13(11-14-7-9-16(10-8-14)28-29(24,25)26)22-12-17(27-21-22)20-18(23)19-15-5-3-2-4-6-15/h2-10,12-13H,11H2,1H3,(H2-,19,20,21,23,24,25,26)/p+1. The second-order valence-corrected chi connectivity index (χ2v) is 7.22. The minimum Gasteiger partial charge on any atom is -0.362 e. The van der Waals surface area contributed by atoms with Gasteiger partial charge in [0.1, 0.15) is 5.75 Å². The van der Waals surface area contributed by atoms with E-state index in [1.807, 2.05) is 13.0 Å². The number of hydrogen-bond acceptors (Lipinski definition) is 6. The zero-order chi connectivity index (χ0) is 20.9. The summed E-state index contributed by atoms with van der Waals surface area (Å²) in [6.45, 7) is 1.90. The Morgan fingerprint density at radius 2 is 1.86 bits per heavy atom. The summed E-state index contributed by atoms with van der Waals surface area (Å²) >= 11 is 0. The van der Waals surface area contributed by atoms with E-state index in [0.29, 0.717) is 12.1 Å². The van der Waals surface area contributed by atoms with E-state index in [-0.39, 0.29) is 17.7 Å². The molecule has 0 bridgehead atoms. The lowest BCUT2D eigenvalue weighted by molar-refractivity contribution is -0.782. The van der Waals surface area contributed by atoms with Gasteiger partial charge in [-0.1, -0.05) is 30.3 Å². The average molecular weight is 419 g/mol. The molecule has 2 aromatic carbocycles. The quantitative estimate of drug-likeness (QED) is 0.396. The van der Waals surface area contributed by atoms with Crippen LogP contribution in [0.2, 0.25) is 0 Å². The predicted octanol–water partition coefficient (Wildman–Crippen LogP) is 2.59. The summed E-state index contributed by atoms with van der Waals surface area (Å²) in [5.41, 5.74) is 1.53. The first kappa shape index (κ1) is 20.3. The van der Waals surface area contributed by atoms with Gasteiger partial charge in [0.15, 0.2) is 6.04 Å². The van der Waals surface area contributed by atoms with Crippen molar-refractivity contribution in [2.45, 2.75) is 19.4 Å². The number of hydrogen-bond donors (Lipinski definition) is 3. The third-order valence-corrected chi connectivity index (χ3v) is 4.26. The average Bonchev–Trinajstić information content (AvgIpc) is 3.11. The normalized spacial score (nSPS) is 12.2. The van der Waals surface area contributed by atoms with E-state index in [1.54, 1.807) is 47.3 Å². The molecule has 0 spiro atoms. The first-order chi connectivity index (χ1) is 13.8. The molecule has 1 unspecified atom stereocenters. The van der Waals surface area contributed by atoms with Crippen LogP contribution in [0.1, 0.15) is 18.5 Å². The summed E-state index contributed by atoms with van der Waals surface area (Å²) in [5, 5.41) is 9.13. The van der Waals surface area contributed by atoms with E-state index in [0.717, 1.165) is 5.56 Å². The topological polar surface area (TPSA) is 135 Å². The van der Waals surface area contributed by atoms with E-state index in [9.17, 15) is 13.2 Å². The van der Waals surface area contributed by atoms with Crippen molar-refractivity contribution in [1.29, 1.82) is 0 Å². The molecule has 3 rings (SSSR count). The largest absolute Gasteiger partial charge is 0.446 e. The lowest BCUT2D eigenvalue weighted by atomic mass is 10.1. The van der Waals surface area contributed by atoms with Crippen molar-refractivity contribution in [3.8, 4) is 5.75 Å². The molecule has 3 N–H and O–H groups in total. The van der Waals surface area contributed by atoms with Crippen molar-refractivity contribution in [3.63, 3.8) is 0 Å². The third kappa shape index (κ3) is 6.30. The van der Waals surface area contributed by atoms with E-state index >= 15 is 0 Å². The molecule has 2 amide bonds. The Bertz CT molecular complexity index is 1070. The number of urea groups is 1. The van der Waals surface area contributed by atoms with Crippen LogP contribution in [0, 0.1) is 0 Å². The Balaban J connectivity index is 1.56. The van der Waals surface area contributed by atoms with Gasteiger partial charge in [0.2, 0.25) is 5.27 Å². The number of amides is 2. The summed E-state index contributed by atoms with van der Waals surface area (Å²) in [6, 6.07) is 14.6. The van der Waals surface area contributed by atoms with Crippen molar-refractivity contribution in [2.75, 3.05) is 10.6 Å². The first-order valence-electron chi connectivity index (χ1n) is 8.55. The van der Waals surface area contributed by atoms with Crippen molar-refractivity contribution < 1.29 is 31.2 Å². The monoisotopic (exact) mass is 419 g/mol. The van der Waals surface area contributed by atoms with Gasteiger partial charge in [-0.2, -0.15) is 8.42 Å². The number of nitrogens with zero attached hydrogens (tertiary/aromatic N) is 2. The zero-order valence-electron chi connectivity index (χ0n) is 15.3. The molecule has 0 aliphatic heterocycles. The van der Waals surface area contributed by atoms with Crippen LogP contribution in [-0.4, -0.2) is 24.3 Å². The molecule has 152 valence electrons. The van der Waals surface area contributed by atoms with Crippen LogP contribution in [0.3, 0.4) is 0 Å². The maximum absolute atomic E-state index is 12.0. The summed E-state index contributed by atoms with van der Waals surface area (Å²) in [6.07, 6.45) is 2.12. The summed E-state index contributed by atoms with van der Waals surface area (Å²) in [7, 11) is -4.55. The number of anilines is 2. The molecule has 3 aromatic rings. The maximum Gasteiger partial charge on any atom is 0.446 e. The van der Waals surface area contributed by atoms with Gasteiger partial charge < -0.3 is 9.50 Å². The lowest BCUT2D eigenvalue weighted by Gasteiger charge is -2.05. The molecule has 1 aromatic heterocycles. The van der Waals surface area contributed by atoms with Gasteiger partial charge in [-0.15, -0.1) is 0 Å².